The second kappa shape index (κ2) is 8.98. The molecule has 0 atom stereocenters. The van der Waals surface area contributed by atoms with Crippen LogP contribution in [0.5, 0.6) is 5.75 Å². The standard InChI is InChI=1S/C20H20FNO6/c1-20(2,28-16-10-6-14(21)7-11-16)19(25)27-12-17(23)22-15-8-4-13(5-9-15)18(24)26-3/h4-11H,12H2,1-3H3,(H,22,23). The molecule has 7 nitrogen and oxygen atoms in total. The zero-order valence-corrected chi connectivity index (χ0v) is 15.7. The van der Waals surface area contributed by atoms with Crippen molar-refractivity contribution in [2.75, 3.05) is 19.0 Å². The number of esters is 2. The molecule has 0 aliphatic carbocycles. The van der Waals surface area contributed by atoms with Crippen molar-refractivity contribution < 1.29 is 33.0 Å². The Hall–Kier alpha value is -3.42. The number of anilines is 1. The summed E-state index contributed by atoms with van der Waals surface area (Å²) in [5.41, 5.74) is -0.609. The minimum atomic E-state index is -1.37. The highest BCUT2D eigenvalue weighted by Crippen LogP contribution is 2.20. The molecule has 2 aromatic carbocycles. The monoisotopic (exact) mass is 389 g/mol. The molecular weight excluding hydrogens is 369 g/mol. The van der Waals surface area contributed by atoms with Crippen LogP contribution in [0.4, 0.5) is 10.1 Å². The SMILES string of the molecule is COC(=O)c1ccc(NC(=O)COC(=O)C(C)(C)Oc2ccc(F)cc2)cc1. The molecular formula is C20H20FNO6. The first-order valence-electron chi connectivity index (χ1n) is 8.31. The van der Waals surface area contributed by atoms with Crippen molar-refractivity contribution in [2.24, 2.45) is 0 Å². The maximum Gasteiger partial charge on any atom is 0.350 e. The molecule has 0 unspecified atom stereocenters. The van der Waals surface area contributed by atoms with Crippen LogP contribution in [-0.2, 0) is 19.1 Å². The van der Waals surface area contributed by atoms with E-state index in [9.17, 15) is 18.8 Å². The zero-order chi connectivity index (χ0) is 20.7. The maximum atomic E-state index is 12.9. The minimum absolute atomic E-state index is 0.290. The van der Waals surface area contributed by atoms with Gasteiger partial charge in [-0.25, -0.2) is 14.0 Å². The number of nitrogens with one attached hydrogen (secondary N) is 1. The largest absolute Gasteiger partial charge is 0.476 e. The van der Waals surface area contributed by atoms with Gasteiger partial charge in [-0.1, -0.05) is 0 Å². The van der Waals surface area contributed by atoms with Crippen molar-refractivity contribution in [3.63, 3.8) is 0 Å². The fourth-order valence-electron chi connectivity index (χ4n) is 2.15. The molecule has 0 saturated heterocycles. The average Bonchev–Trinajstić information content (AvgIpc) is 2.67. The van der Waals surface area contributed by atoms with Crippen molar-refractivity contribution >= 4 is 23.5 Å². The van der Waals surface area contributed by atoms with Gasteiger partial charge in [-0.3, -0.25) is 4.79 Å². The van der Waals surface area contributed by atoms with E-state index in [0.717, 1.165) is 0 Å². The predicted molar refractivity (Wildman–Crippen MR) is 98.5 cm³/mol. The van der Waals surface area contributed by atoms with Crippen molar-refractivity contribution in [2.45, 2.75) is 19.4 Å². The van der Waals surface area contributed by atoms with E-state index >= 15 is 0 Å². The summed E-state index contributed by atoms with van der Waals surface area (Å²) < 4.78 is 28.0. The van der Waals surface area contributed by atoms with Gasteiger partial charge in [0.25, 0.3) is 5.91 Å². The van der Waals surface area contributed by atoms with Crippen LogP contribution in [0.3, 0.4) is 0 Å². The molecule has 0 aliphatic rings. The maximum absolute atomic E-state index is 12.9. The second-order valence-corrected chi connectivity index (χ2v) is 6.26. The molecule has 0 radical (unpaired) electrons. The summed E-state index contributed by atoms with van der Waals surface area (Å²) in [5, 5.41) is 2.54. The van der Waals surface area contributed by atoms with Crippen LogP contribution in [0, 0.1) is 5.82 Å². The number of carbonyl (C=O) groups excluding carboxylic acids is 3. The molecule has 28 heavy (non-hydrogen) atoms. The van der Waals surface area contributed by atoms with Gasteiger partial charge in [0.2, 0.25) is 0 Å². The number of hydrogen-bond donors (Lipinski definition) is 1. The predicted octanol–water partition coefficient (Wildman–Crippen LogP) is 2.95. The number of benzene rings is 2. The van der Waals surface area contributed by atoms with Crippen molar-refractivity contribution in [3.8, 4) is 5.75 Å². The molecule has 0 aliphatic heterocycles. The molecule has 1 N–H and O–H groups in total. The van der Waals surface area contributed by atoms with Crippen LogP contribution in [0.15, 0.2) is 48.5 Å². The molecule has 1 amide bonds. The molecule has 0 aromatic heterocycles. The summed E-state index contributed by atoms with van der Waals surface area (Å²) in [4.78, 5) is 35.5. The third-order valence-corrected chi connectivity index (χ3v) is 3.60. The number of hydrogen-bond acceptors (Lipinski definition) is 6. The number of rotatable bonds is 7. The second-order valence-electron chi connectivity index (χ2n) is 6.26. The molecule has 0 fully saturated rings. The Labute approximate surface area is 161 Å². The lowest BCUT2D eigenvalue weighted by Gasteiger charge is -2.24. The normalized spacial score (nSPS) is 10.7. The van der Waals surface area contributed by atoms with Crippen LogP contribution < -0.4 is 10.1 Å². The Morgan fingerprint density at radius 3 is 2.18 bits per heavy atom. The lowest BCUT2D eigenvalue weighted by molar-refractivity contribution is -0.161. The summed E-state index contributed by atoms with van der Waals surface area (Å²) in [6.07, 6.45) is 0. The van der Waals surface area contributed by atoms with Crippen molar-refractivity contribution in [3.05, 3.63) is 59.9 Å². The Balaban J connectivity index is 1.86. The van der Waals surface area contributed by atoms with Crippen LogP contribution in [0.2, 0.25) is 0 Å². The molecule has 8 heteroatoms. The van der Waals surface area contributed by atoms with Crippen LogP contribution >= 0.6 is 0 Å². The van der Waals surface area contributed by atoms with Crippen LogP contribution in [-0.4, -0.2) is 37.2 Å². The molecule has 0 spiro atoms. The summed E-state index contributed by atoms with van der Waals surface area (Å²) in [5.74, 6) is -1.94. The van der Waals surface area contributed by atoms with Gasteiger partial charge in [-0.15, -0.1) is 0 Å². The Morgan fingerprint density at radius 1 is 1.00 bits per heavy atom. The lowest BCUT2D eigenvalue weighted by atomic mass is 10.1. The molecule has 148 valence electrons. The molecule has 0 heterocycles. The highest BCUT2D eigenvalue weighted by atomic mass is 19.1. The third-order valence-electron chi connectivity index (χ3n) is 3.60. The molecule has 0 saturated carbocycles. The highest BCUT2D eigenvalue weighted by molar-refractivity contribution is 5.94. The van der Waals surface area contributed by atoms with E-state index in [2.05, 4.69) is 10.1 Å². The highest BCUT2D eigenvalue weighted by Gasteiger charge is 2.32. The van der Waals surface area contributed by atoms with E-state index in [4.69, 9.17) is 9.47 Å². The summed E-state index contributed by atoms with van der Waals surface area (Å²) in [6, 6.07) is 11.2. The van der Waals surface area contributed by atoms with Gasteiger partial charge in [0.15, 0.2) is 12.2 Å². The number of methoxy groups -OCH3 is 1. The van der Waals surface area contributed by atoms with E-state index in [0.29, 0.717) is 17.0 Å². The zero-order valence-electron chi connectivity index (χ0n) is 15.7. The van der Waals surface area contributed by atoms with Gasteiger partial charge < -0.3 is 19.5 Å². The van der Waals surface area contributed by atoms with Gasteiger partial charge in [0, 0.05) is 5.69 Å². The fourth-order valence-corrected chi connectivity index (χ4v) is 2.15. The smallest absolute Gasteiger partial charge is 0.350 e. The lowest BCUT2D eigenvalue weighted by Crippen LogP contribution is -2.41. The van der Waals surface area contributed by atoms with E-state index in [1.54, 1.807) is 0 Å². The number of ether oxygens (including phenoxy) is 3. The van der Waals surface area contributed by atoms with Gasteiger partial charge in [0.05, 0.1) is 12.7 Å². The van der Waals surface area contributed by atoms with Crippen molar-refractivity contribution in [1.29, 1.82) is 0 Å². The molecule has 2 aromatic rings. The Morgan fingerprint density at radius 2 is 1.61 bits per heavy atom. The van der Waals surface area contributed by atoms with Gasteiger partial charge in [-0.05, 0) is 62.4 Å². The first kappa shape index (κ1) is 20.9. The third kappa shape index (κ3) is 5.80. The number of amides is 1. The molecule has 0 bridgehead atoms. The quantitative estimate of drug-likeness (QED) is 0.732. The fraction of sp³-hybridized carbons (Fsp3) is 0.250. The number of halogens is 1. The molecule has 2 rings (SSSR count). The van der Waals surface area contributed by atoms with Crippen LogP contribution in [0.1, 0.15) is 24.2 Å². The first-order chi connectivity index (χ1) is 13.2. The van der Waals surface area contributed by atoms with Gasteiger partial charge >= 0.3 is 11.9 Å². The van der Waals surface area contributed by atoms with E-state index < -0.39 is 35.9 Å². The Kier molecular flexibility index (Phi) is 6.70. The van der Waals surface area contributed by atoms with E-state index in [1.807, 2.05) is 0 Å². The topological polar surface area (TPSA) is 90.9 Å². The van der Waals surface area contributed by atoms with Crippen molar-refractivity contribution in [1.82, 2.24) is 0 Å². The Bertz CT molecular complexity index is 846. The van der Waals surface area contributed by atoms with E-state index in [-0.39, 0.29) is 0 Å². The van der Waals surface area contributed by atoms with E-state index in [1.165, 1.54) is 69.5 Å². The minimum Gasteiger partial charge on any atom is -0.476 e. The van der Waals surface area contributed by atoms with Gasteiger partial charge in [-0.2, -0.15) is 0 Å². The summed E-state index contributed by atoms with van der Waals surface area (Å²) in [6.45, 7) is 2.43. The van der Waals surface area contributed by atoms with Gasteiger partial charge in [0.1, 0.15) is 11.6 Å². The average molecular weight is 389 g/mol. The van der Waals surface area contributed by atoms with Crippen LogP contribution in [0.25, 0.3) is 0 Å². The summed E-state index contributed by atoms with van der Waals surface area (Å²) >= 11 is 0. The first-order valence-corrected chi connectivity index (χ1v) is 8.31. The number of carbonyl (C=O) groups is 3. The summed E-state index contributed by atoms with van der Waals surface area (Å²) in [7, 11) is 1.27.